The maximum Gasteiger partial charge on any atom is 0.143 e. The van der Waals surface area contributed by atoms with E-state index >= 15 is 0 Å². The summed E-state index contributed by atoms with van der Waals surface area (Å²) < 4.78 is 5.34. The van der Waals surface area contributed by atoms with Crippen LogP contribution in [0.4, 0.5) is 5.82 Å². The molecule has 0 bridgehead atoms. The number of hydrogen-bond acceptors (Lipinski definition) is 5. The number of nitrogens with one attached hydrogen (secondary N) is 2. The standard InChI is InChI=1S/C16H16N4O2/c1-17-15-13-6-2-4-11(21)7-8-18-16(13)20-14(19-15)10-12-5-3-9-22-12/h2-9,21H,10H2,1H3,(H2,17,18,19,20). The van der Waals surface area contributed by atoms with E-state index in [1.165, 1.54) is 0 Å². The molecule has 0 aliphatic heterocycles. The molecule has 112 valence electrons. The number of nitrogens with zero attached hydrogens (tertiary/aromatic N) is 2. The van der Waals surface area contributed by atoms with Crippen molar-refractivity contribution < 1.29 is 9.52 Å². The lowest BCUT2D eigenvalue weighted by Gasteiger charge is -2.05. The van der Waals surface area contributed by atoms with E-state index in [1.54, 1.807) is 30.7 Å². The van der Waals surface area contributed by atoms with E-state index in [0.29, 0.717) is 23.7 Å². The van der Waals surface area contributed by atoms with Crippen molar-refractivity contribution in [1.82, 2.24) is 15.0 Å². The maximum atomic E-state index is 9.59. The van der Waals surface area contributed by atoms with Crippen LogP contribution in [-0.4, -0.2) is 27.1 Å². The summed E-state index contributed by atoms with van der Waals surface area (Å²) in [7, 11) is 1.81. The highest BCUT2D eigenvalue weighted by molar-refractivity contribution is 5.85. The third kappa shape index (κ3) is 3.01. The van der Waals surface area contributed by atoms with Crippen LogP contribution >= 0.6 is 0 Å². The van der Waals surface area contributed by atoms with Crippen LogP contribution in [0.25, 0.3) is 11.0 Å². The van der Waals surface area contributed by atoms with E-state index in [4.69, 9.17) is 4.42 Å². The van der Waals surface area contributed by atoms with Gasteiger partial charge in [-0.2, -0.15) is 0 Å². The monoisotopic (exact) mass is 296 g/mol. The molecular formula is C16H16N4O2. The van der Waals surface area contributed by atoms with Gasteiger partial charge in [-0.1, -0.05) is 6.07 Å². The number of anilines is 1. The summed E-state index contributed by atoms with van der Waals surface area (Å²) >= 11 is 0. The Kier molecular flexibility index (Phi) is 3.91. The first kappa shape index (κ1) is 13.9. The smallest absolute Gasteiger partial charge is 0.143 e. The summed E-state index contributed by atoms with van der Waals surface area (Å²) in [6.45, 7) is 0. The van der Waals surface area contributed by atoms with Crippen molar-refractivity contribution in [3.8, 4) is 5.75 Å². The number of furan rings is 1. The molecule has 6 nitrogen and oxygen atoms in total. The Morgan fingerprint density at radius 1 is 1.18 bits per heavy atom. The molecule has 0 aromatic carbocycles. The van der Waals surface area contributed by atoms with E-state index in [-0.39, 0.29) is 5.75 Å². The van der Waals surface area contributed by atoms with Crippen LogP contribution in [0.1, 0.15) is 11.6 Å². The van der Waals surface area contributed by atoms with Crippen LogP contribution < -0.4 is 5.32 Å². The first-order valence-corrected chi connectivity index (χ1v) is 6.88. The predicted octanol–water partition coefficient (Wildman–Crippen LogP) is 3.01. The van der Waals surface area contributed by atoms with Crippen molar-refractivity contribution in [2.75, 3.05) is 12.4 Å². The van der Waals surface area contributed by atoms with Gasteiger partial charge < -0.3 is 19.8 Å². The van der Waals surface area contributed by atoms with Crippen molar-refractivity contribution in [2.45, 2.75) is 6.42 Å². The summed E-state index contributed by atoms with van der Waals surface area (Å²) in [6.07, 6.45) is 3.78. The van der Waals surface area contributed by atoms with Crippen LogP contribution in [0.15, 0.2) is 53.3 Å². The van der Waals surface area contributed by atoms with Gasteiger partial charge in [-0.15, -0.1) is 0 Å². The number of aromatic hydroxyl groups is 1. The van der Waals surface area contributed by atoms with E-state index in [0.717, 1.165) is 11.1 Å². The zero-order valence-corrected chi connectivity index (χ0v) is 12.1. The molecule has 22 heavy (non-hydrogen) atoms. The molecule has 0 unspecified atom stereocenters. The molecule has 3 aromatic heterocycles. The molecule has 0 saturated carbocycles. The first-order valence-electron chi connectivity index (χ1n) is 6.88. The molecule has 3 rings (SSSR count). The highest BCUT2D eigenvalue weighted by atomic mass is 16.3. The fourth-order valence-corrected chi connectivity index (χ4v) is 2.13. The van der Waals surface area contributed by atoms with Gasteiger partial charge in [-0.25, -0.2) is 9.97 Å². The molecule has 3 aromatic rings. The van der Waals surface area contributed by atoms with Gasteiger partial charge in [0.1, 0.15) is 28.8 Å². The summed E-state index contributed by atoms with van der Waals surface area (Å²) in [6, 6.07) is 10.5. The molecule has 6 heteroatoms. The van der Waals surface area contributed by atoms with Crippen LogP contribution in [0, 0.1) is 0 Å². The topological polar surface area (TPSA) is 87.0 Å². The molecule has 0 fully saturated rings. The maximum absolute atomic E-state index is 9.59. The zero-order valence-electron chi connectivity index (χ0n) is 12.1. The van der Waals surface area contributed by atoms with E-state index in [9.17, 15) is 5.11 Å². The molecule has 3 heterocycles. The van der Waals surface area contributed by atoms with Gasteiger partial charge in [0.25, 0.3) is 0 Å². The Morgan fingerprint density at radius 3 is 2.86 bits per heavy atom. The molecule has 0 amide bonds. The minimum Gasteiger partial charge on any atom is -0.508 e. The van der Waals surface area contributed by atoms with Crippen molar-refractivity contribution in [3.05, 3.63) is 60.4 Å². The largest absolute Gasteiger partial charge is 0.508 e. The molecule has 3 N–H and O–H groups in total. The fourth-order valence-electron chi connectivity index (χ4n) is 2.13. The van der Waals surface area contributed by atoms with Gasteiger partial charge in [-0.05, 0) is 30.3 Å². The van der Waals surface area contributed by atoms with Crippen LogP contribution in [0.2, 0.25) is 0 Å². The van der Waals surface area contributed by atoms with Gasteiger partial charge in [0.15, 0.2) is 0 Å². The van der Waals surface area contributed by atoms with Crippen molar-refractivity contribution in [2.24, 2.45) is 0 Å². The van der Waals surface area contributed by atoms with Crippen molar-refractivity contribution >= 4 is 16.9 Å². The quantitative estimate of drug-likeness (QED) is 0.691. The van der Waals surface area contributed by atoms with Gasteiger partial charge >= 0.3 is 0 Å². The summed E-state index contributed by atoms with van der Waals surface area (Å²) in [5.41, 5.74) is 0.663. The summed E-state index contributed by atoms with van der Waals surface area (Å²) in [5, 5.41) is 13.5. The Morgan fingerprint density at radius 2 is 2.09 bits per heavy atom. The Bertz CT molecular complexity index is 823. The normalized spacial score (nSPS) is 10.4. The fraction of sp³-hybridized carbons (Fsp3) is 0.125. The lowest BCUT2D eigenvalue weighted by atomic mass is 10.3. The first-order chi connectivity index (χ1) is 10.8. The van der Waals surface area contributed by atoms with E-state index in [2.05, 4.69) is 20.3 Å². The second-order valence-corrected chi connectivity index (χ2v) is 4.69. The van der Waals surface area contributed by atoms with Crippen LogP contribution in [0.5, 0.6) is 5.75 Å². The van der Waals surface area contributed by atoms with Gasteiger partial charge in [-0.3, -0.25) is 0 Å². The molecule has 0 spiro atoms. The second kappa shape index (κ2) is 6.17. The molecule has 0 atom stereocenters. The molecule has 0 aliphatic rings. The number of fused-ring (bicyclic) bond motifs is 1. The van der Waals surface area contributed by atoms with E-state index in [1.807, 2.05) is 25.2 Å². The highest BCUT2D eigenvalue weighted by Crippen LogP contribution is 2.18. The minimum atomic E-state index is 0.159. The zero-order chi connectivity index (χ0) is 15.4. The average Bonchev–Trinajstić information content (AvgIpc) is 3.03. The number of aromatic amines is 1. The third-order valence-electron chi connectivity index (χ3n) is 3.15. The van der Waals surface area contributed by atoms with Crippen molar-refractivity contribution in [1.29, 1.82) is 0 Å². The second-order valence-electron chi connectivity index (χ2n) is 4.69. The third-order valence-corrected chi connectivity index (χ3v) is 3.15. The van der Waals surface area contributed by atoms with Gasteiger partial charge in [0, 0.05) is 13.2 Å². The molecule has 0 aliphatic carbocycles. The number of rotatable bonds is 3. The Hall–Kier alpha value is -3.02. The van der Waals surface area contributed by atoms with Crippen LogP contribution in [-0.2, 0) is 6.42 Å². The molecule has 0 radical (unpaired) electrons. The van der Waals surface area contributed by atoms with Gasteiger partial charge in [0.05, 0.1) is 18.1 Å². The Labute approximate surface area is 127 Å². The highest BCUT2D eigenvalue weighted by Gasteiger charge is 2.07. The minimum absolute atomic E-state index is 0.159. The summed E-state index contributed by atoms with van der Waals surface area (Å²) in [5.74, 6) is 2.31. The van der Waals surface area contributed by atoms with E-state index < -0.39 is 0 Å². The SMILES string of the molecule is CNc1nc(Cc2ccco2)nc2[nH]ccc(O)cccc12. The van der Waals surface area contributed by atoms with Gasteiger partial charge in [0.2, 0.25) is 0 Å². The number of aromatic nitrogens is 3. The number of H-pyrrole nitrogens is 1. The van der Waals surface area contributed by atoms with Crippen molar-refractivity contribution in [3.63, 3.8) is 0 Å². The number of hydrogen-bond donors (Lipinski definition) is 3. The molecular weight excluding hydrogens is 280 g/mol. The summed E-state index contributed by atoms with van der Waals surface area (Å²) in [4.78, 5) is 12.1. The Balaban J connectivity index is 2.17. The van der Waals surface area contributed by atoms with Crippen LogP contribution in [0.3, 0.4) is 0 Å². The lowest BCUT2D eigenvalue weighted by molar-refractivity contribution is 0.475. The lowest BCUT2D eigenvalue weighted by Crippen LogP contribution is -2.02. The predicted molar refractivity (Wildman–Crippen MR) is 84.2 cm³/mol. The molecule has 0 saturated heterocycles. The average molecular weight is 296 g/mol.